The minimum Gasteiger partial charge on any atom is -0.481 e. The lowest BCUT2D eigenvalue weighted by atomic mass is 10.2. The number of halogens is 2. The number of nitrogens with zero attached hydrogens (tertiary/aromatic N) is 3. The molecule has 2 aromatic carbocycles. The molecule has 0 fully saturated rings. The Labute approximate surface area is 173 Å². The van der Waals surface area contributed by atoms with Crippen LogP contribution in [0.1, 0.15) is 24.4 Å². The predicted molar refractivity (Wildman–Crippen MR) is 112 cm³/mol. The van der Waals surface area contributed by atoms with Crippen molar-refractivity contribution < 1.29 is 4.74 Å². The van der Waals surface area contributed by atoms with Gasteiger partial charge in [0.2, 0.25) is 0 Å². The molecule has 1 unspecified atom stereocenters. The normalized spacial score (nSPS) is 12.0. The SMILES string of the molecule is C=CCn1c(SCc2cccc(Cl)c2)nnc1C(C)Oc1ccccc1Cl. The second kappa shape index (κ2) is 9.31. The lowest BCUT2D eigenvalue weighted by Crippen LogP contribution is -2.12. The van der Waals surface area contributed by atoms with Crippen molar-refractivity contribution >= 4 is 35.0 Å². The van der Waals surface area contributed by atoms with E-state index in [1.807, 2.05) is 60.0 Å². The monoisotopic (exact) mass is 419 g/mol. The van der Waals surface area contributed by atoms with Gasteiger partial charge in [0.1, 0.15) is 5.75 Å². The highest BCUT2D eigenvalue weighted by Gasteiger charge is 2.19. The summed E-state index contributed by atoms with van der Waals surface area (Å²) in [7, 11) is 0. The van der Waals surface area contributed by atoms with Gasteiger partial charge >= 0.3 is 0 Å². The molecule has 1 heterocycles. The van der Waals surface area contributed by atoms with Gasteiger partial charge in [0, 0.05) is 17.3 Å². The Bertz CT molecular complexity index is 929. The van der Waals surface area contributed by atoms with E-state index in [2.05, 4.69) is 16.8 Å². The molecule has 0 radical (unpaired) electrons. The zero-order valence-electron chi connectivity index (χ0n) is 14.8. The van der Waals surface area contributed by atoms with Crippen LogP contribution in [-0.2, 0) is 12.3 Å². The van der Waals surface area contributed by atoms with Crippen molar-refractivity contribution in [3.05, 3.63) is 82.6 Å². The van der Waals surface area contributed by atoms with Crippen LogP contribution >= 0.6 is 35.0 Å². The molecule has 0 bridgehead atoms. The number of thioether (sulfide) groups is 1. The second-order valence-electron chi connectivity index (χ2n) is 5.85. The fourth-order valence-electron chi connectivity index (χ4n) is 2.57. The molecule has 7 heteroatoms. The molecule has 0 amide bonds. The highest BCUT2D eigenvalue weighted by molar-refractivity contribution is 7.98. The molecular formula is C20H19Cl2N3OS. The smallest absolute Gasteiger partial charge is 0.191 e. The van der Waals surface area contributed by atoms with E-state index in [1.165, 1.54) is 0 Å². The molecule has 27 heavy (non-hydrogen) atoms. The molecule has 3 aromatic rings. The summed E-state index contributed by atoms with van der Waals surface area (Å²) in [6.45, 7) is 6.36. The van der Waals surface area contributed by atoms with Gasteiger partial charge in [-0.2, -0.15) is 0 Å². The summed E-state index contributed by atoms with van der Waals surface area (Å²) < 4.78 is 8.00. The minimum atomic E-state index is -0.308. The van der Waals surface area contributed by atoms with Crippen LogP contribution in [0.5, 0.6) is 5.75 Å². The maximum atomic E-state index is 6.19. The van der Waals surface area contributed by atoms with E-state index in [0.717, 1.165) is 27.3 Å². The van der Waals surface area contributed by atoms with E-state index >= 15 is 0 Å². The highest BCUT2D eigenvalue weighted by atomic mass is 35.5. The Morgan fingerprint density at radius 1 is 1.19 bits per heavy atom. The van der Waals surface area contributed by atoms with Crippen molar-refractivity contribution in [3.63, 3.8) is 0 Å². The molecule has 0 saturated carbocycles. The largest absolute Gasteiger partial charge is 0.481 e. The number of para-hydroxylation sites is 1. The molecule has 0 saturated heterocycles. The summed E-state index contributed by atoms with van der Waals surface area (Å²) in [6.07, 6.45) is 1.51. The average Bonchev–Trinajstić information content (AvgIpc) is 3.05. The summed E-state index contributed by atoms with van der Waals surface area (Å²) in [5.74, 6) is 2.09. The van der Waals surface area contributed by atoms with Gasteiger partial charge < -0.3 is 4.74 Å². The molecule has 0 aliphatic heterocycles. The number of benzene rings is 2. The Morgan fingerprint density at radius 2 is 2.00 bits per heavy atom. The van der Waals surface area contributed by atoms with Gasteiger partial charge in [-0.15, -0.1) is 16.8 Å². The first-order valence-corrected chi connectivity index (χ1v) is 10.1. The van der Waals surface area contributed by atoms with Gasteiger partial charge in [0.15, 0.2) is 17.1 Å². The predicted octanol–water partition coefficient (Wildman–Crippen LogP) is 6.20. The van der Waals surface area contributed by atoms with Crippen LogP contribution in [0.15, 0.2) is 66.3 Å². The van der Waals surface area contributed by atoms with Gasteiger partial charge in [-0.05, 0) is 36.8 Å². The maximum Gasteiger partial charge on any atom is 0.191 e. The summed E-state index contributed by atoms with van der Waals surface area (Å²) in [6, 6.07) is 15.2. The maximum absolute atomic E-state index is 6.19. The van der Waals surface area contributed by atoms with Crippen LogP contribution in [0.25, 0.3) is 0 Å². The van der Waals surface area contributed by atoms with Crippen molar-refractivity contribution in [3.8, 4) is 5.75 Å². The highest BCUT2D eigenvalue weighted by Crippen LogP contribution is 2.30. The Hall–Kier alpha value is -1.95. The summed E-state index contributed by atoms with van der Waals surface area (Å²) >= 11 is 13.9. The van der Waals surface area contributed by atoms with E-state index in [9.17, 15) is 0 Å². The zero-order valence-corrected chi connectivity index (χ0v) is 17.1. The Balaban J connectivity index is 1.77. The second-order valence-corrected chi connectivity index (χ2v) is 7.64. The molecule has 4 nitrogen and oxygen atoms in total. The number of aromatic nitrogens is 3. The van der Waals surface area contributed by atoms with Crippen molar-refractivity contribution in [2.24, 2.45) is 0 Å². The number of ether oxygens (including phenoxy) is 1. The lowest BCUT2D eigenvalue weighted by Gasteiger charge is -2.16. The molecule has 0 aliphatic carbocycles. The number of hydrogen-bond donors (Lipinski definition) is 0. The van der Waals surface area contributed by atoms with E-state index < -0.39 is 0 Å². The molecule has 1 aromatic heterocycles. The van der Waals surface area contributed by atoms with E-state index in [4.69, 9.17) is 27.9 Å². The quantitative estimate of drug-likeness (QED) is 0.321. The van der Waals surface area contributed by atoms with Crippen molar-refractivity contribution in [1.82, 2.24) is 14.8 Å². The van der Waals surface area contributed by atoms with Crippen molar-refractivity contribution in [2.45, 2.75) is 30.5 Å². The molecule has 0 aliphatic rings. The van der Waals surface area contributed by atoms with Gasteiger partial charge in [-0.25, -0.2) is 0 Å². The fraction of sp³-hybridized carbons (Fsp3) is 0.200. The van der Waals surface area contributed by atoms with Crippen LogP contribution < -0.4 is 4.74 Å². The van der Waals surface area contributed by atoms with Crippen molar-refractivity contribution in [2.75, 3.05) is 0 Å². The van der Waals surface area contributed by atoms with Crippen LogP contribution in [0.2, 0.25) is 10.0 Å². The summed E-state index contributed by atoms with van der Waals surface area (Å²) in [5, 5.41) is 10.8. The average molecular weight is 420 g/mol. The zero-order chi connectivity index (χ0) is 19.2. The summed E-state index contributed by atoms with van der Waals surface area (Å²) in [5.41, 5.74) is 1.13. The van der Waals surface area contributed by atoms with Crippen LogP contribution in [-0.4, -0.2) is 14.8 Å². The van der Waals surface area contributed by atoms with Crippen LogP contribution in [0.4, 0.5) is 0 Å². The molecule has 0 spiro atoms. The third-order valence-electron chi connectivity index (χ3n) is 3.82. The molecule has 3 rings (SSSR count). The third kappa shape index (κ3) is 5.06. The Kier molecular flexibility index (Phi) is 6.83. The van der Waals surface area contributed by atoms with E-state index in [-0.39, 0.29) is 6.10 Å². The fourth-order valence-corrected chi connectivity index (χ4v) is 3.86. The number of hydrogen-bond acceptors (Lipinski definition) is 4. The number of allylic oxidation sites excluding steroid dienone is 1. The van der Waals surface area contributed by atoms with Gasteiger partial charge in [0.05, 0.1) is 5.02 Å². The van der Waals surface area contributed by atoms with Gasteiger partial charge in [0.25, 0.3) is 0 Å². The molecule has 0 N–H and O–H groups in total. The molecule has 140 valence electrons. The van der Waals surface area contributed by atoms with E-state index in [1.54, 1.807) is 17.8 Å². The first-order chi connectivity index (χ1) is 13.1. The molecule has 1 atom stereocenters. The molecular weight excluding hydrogens is 401 g/mol. The first-order valence-electron chi connectivity index (χ1n) is 8.41. The summed E-state index contributed by atoms with van der Waals surface area (Å²) in [4.78, 5) is 0. The van der Waals surface area contributed by atoms with Gasteiger partial charge in [-0.1, -0.05) is 65.3 Å². The number of rotatable bonds is 8. The van der Waals surface area contributed by atoms with Crippen LogP contribution in [0.3, 0.4) is 0 Å². The first kappa shape index (κ1) is 19.8. The standard InChI is InChI=1S/C20H19Cl2N3OS/c1-3-11-25-19(14(2)26-18-10-5-4-9-17(18)22)23-24-20(25)27-13-15-7-6-8-16(21)12-15/h3-10,12,14H,1,11,13H2,2H3. The van der Waals surface area contributed by atoms with Crippen LogP contribution in [0, 0.1) is 0 Å². The van der Waals surface area contributed by atoms with Gasteiger partial charge in [-0.3, -0.25) is 4.57 Å². The Morgan fingerprint density at radius 3 is 2.74 bits per heavy atom. The minimum absolute atomic E-state index is 0.308. The van der Waals surface area contributed by atoms with E-state index in [0.29, 0.717) is 17.3 Å². The third-order valence-corrected chi connectivity index (χ3v) is 5.40. The topological polar surface area (TPSA) is 39.9 Å². The lowest BCUT2D eigenvalue weighted by molar-refractivity contribution is 0.210. The van der Waals surface area contributed by atoms with Crippen molar-refractivity contribution in [1.29, 1.82) is 0 Å².